The Morgan fingerprint density at radius 2 is 1.42 bits per heavy atom. The van der Waals surface area contributed by atoms with Gasteiger partial charge in [-0.1, -0.05) is 23.2 Å². The molecule has 0 saturated carbocycles. The molecule has 0 spiro atoms. The molecule has 238 valence electrons. The van der Waals surface area contributed by atoms with Crippen LogP contribution in [-0.2, 0) is 0 Å². The second-order valence-corrected chi connectivity index (χ2v) is 12.3. The summed E-state index contributed by atoms with van der Waals surface area (Å²) in [5.41, 5.74) is 5.74. The molecule has 4 aromatic rings. The summed E-state index contributed by atoms with van der Waals surface area (Å²) in [6, 6.07) is 5.96. The zero-order valence-electron chi connectivity index (χ0n) is 24.8. The summed E-state index contributed by atoms with van der Waals surface area (Å²) in [5, 5.41) is 0.0682. The third-order valence-electron chi connectivity index (χ3n) is 7.69. The van der Waals surface area contributed by atoms with Crippen molar-refractivity contribution in [2.24, 2.45) is 5.73 Å². The van der Waals surface area contributed by atoms with Crippen LogP contribution in [-0.4, -0.2) is 86.7 Å². The van der Waals surface area contributed by atoms with Crippen LogP contribution in [0.15, 0.2) is 46.2 Å². The number of H-pyrrole nitrogens is 2. The molecule has 2 aliphatic rings. The minimum Gasteiger partial charge on any atom is -0.354 e. The van der Waals surface area contributed by atoms with E-state index in [1.54, 1.807) is 12.1 Å². The number of aromatic amines is 2. The molecule has 2 aliphatic heterocycles. The lowest BCUT2D eigenvalue weighted by Crippen LogP contribution is -2.39. The van der Waals surface area contributed by atoms with Crippen LogP contribution in [0.4, 0.5) is 20.4 Å². The third kappa shape index (κ3) is 7.47. The maximum atomic E-state index is 13.3. The van der Waals surface area contributed by atoms with Crippen molar-refractivity contribution in [2.75, 3.05) is 50.1 Å². The van der Waals surface area contributed by atoms with Crippen molar-refractivity contribution in [1.82, 2.24) is 34.8 Å². The van der Waals surface area contributed by atoms with E-state index in [2.05, 4.69) is 34.8 Å². The molecule has 4 N–H and O–H groups in total. The molecular formula is C29H32Cl2F2N10O2. The fourth-order valence-corrected chi connectivity index (χ4v) is 5.62. The molecule has 4 aromatic heterocycles. The van der Waals surface area contributed by atoms with Gasteiger partial charge in [0, 0.05) is 73.4 Å². The number of nitrogens with one attached hydrogen (secondary N) is 2. The van der Waals surface area contributed by atoms with Crippen molar-refractivity contribution in [3.05, 3.63) is 79.3 Å². The second-order valence-electron chi connectivity index (χ2n) is 11.5. The van der Waals surface area contributed by atoms with Crippen molar-refractivity contribution < 1.29 is 8.78 Å². The van der Waals surface area contributed by atoms with E-state index in [1.165, 1.54) is 24.5 Å². The van der Waals surface area contributed by atoms with Crippen LogP contribution < -0.4 is 26.7 Å². The summed E-state index contributed by atoms with van der Waals surface area (Å²) < 4.78 is 26.6. The van der Waals surface area contributed by atoms with Crippen LogP contribution in [0, 0.1) is 11.9 Å². The maximum Gasteiger partial charge on any atom is 0.272 e. The average Bonchev–Trinajstić information content (AvgIpc) is 3.63. The molecule has 0 aromatic carbocycles. The fraction of sp³-hybridized carbons (Fsp3) is 0.379. The van der Waals surface area contributed by atoms with E-state index in [0.29, 0.717) is 41.9 Å². The van der Waals surface area contributed by atoms with Gasteiger partial charge < -0.3 is 30.4 Å². The van der Waals surface area contributed by atoms with Crippen LogP contribution in [0.5, 0.6) is 0 Å². The number of hydrogen-bond donors (Lipinski definition) is 3. The maximum absolute atomic E-state index is 13.3. The Labute approximate surface area is 267 Å². The minimum atomic E-state index is -0.646. The normalized spacial score (nSPS) is 19.6. The number of likely N-dealkylation sites (N-methyl/N-ethyl adjacent to an activating group) is 1. The molecule has 2 saturated heterocycles. The van der Waals surface area contributed by atoms with E-state index in [4.69, 9.17) is 28.9 Å². The summed E-state index contributed by atoms with van der Waals surface area (Å²) in [6.45, 7) is 4.66. The third-order valence-corrected chi connectivity index (χ3v) is 8.37. The lowest BCUT2D eigenvalue weighted by Gasteiger charge is -2.21. The van der Waals surface area contributed by atoms with Crippen LogP contribution in [0.1, 0.15) is 19.8 Å². The topological polar surface area (TPSA) is 153 Å². The Bertz CT molecular complexity index is 1820. The number of hydrogen-bond acceptors (Lipinski definition) is 10. The lowest BCUT2D eigenvalue weighted by atomic mass is 10.0. The fourth-order valence-electron chi connectivity index (χ4n) is 5.21. The Morgan fingerprint density at radius 1 is 0.911 bits per heavy atom. The largest absolute Gasteiger partial charge is 0.354 e. The lowest BCUT2D eigenvalue weighted by molar-refractivity contribution is 0.315. The zero-order valence-corrected chi connectivity index (χ0v) is 26.3. The molecule has 0 unspecified atom stereocenters. The number of pyridine rings is 2. The summed E-state index contributed by atoms with van der Waals surface area (Å²) in [7, 11) is 4.04. The SMILES string of the molecule is CN(C)[C@H]1CCN(c2nc(-c3ccnc(F)c3)[nH]c(=O)c2Cl)C1.C[C@]1(N)CCN(c2nc(-c3ccnc(F)c3)[nH]c(=O)c2Cl)C1. The average molecular weight is 662 g/mol. The summed E-state index contributed by atoms with van der Waals surface area (Å²) >= 11 is 12.2. The van der Waals surface area contributed by atoms with Gasteiger partial charge in [-0.2, -0.15) is 8.78 Å². The Kier molecular flexibility index (Phi) is 9.49. The standard InChI is InChI=1S/C15H17ClFN5O.C14H15ClFN5O/c1-21(2)10-4-6-22(8-10)14-12(16)15(23)20-13(19-14)9-3-5-18-11(17)7-9;1-14(17)3-5-21(7-14)12-10(15)13(22)20-11(19-12)8-2-4-18-9(16)6-8/h3,5,7,10H,4,6,8H2,1-2H3,(H,19,20,23);2,4,6H,3,5,7,17H2,1H3,(H,19,20,22)/t10-;14-/m00/s1. The number of halogens is 4. The van der Waals surface area contributed by atoms with Crippen LogP contribution in [0.25, 0.3) is 22.8 Å². The highest BCUT2D eigenvalue weighted by atomic mass is 35.5. The van der Waals surface area contributed by atoms with Crippen LogP contribution in [0.3, 0.4) is 0 Å². The van der Waals surface area contributed by atoms with E-state index in [9.17, 15) is 18.4 Å². The summed E-state index contributed by atoms with van der Waals surface area (Å²) in [5.74, 6) is 0.0574. The minimum absolute atomic E-state index is 0.0102. The van der Waals surface area contributed by atoms with Crippen molar-refractivity contribution in [1.29, 1.82) is 0 Å². The first-order valence-corrected chi connectivity index (χ1v) is 14.9. The zero-order chi connectivity index (χ0) is 32.5. The van der Waals surface area contributed by atoms with Gasteiger partial charge in [0.15, 0.2) is 11.6 Å². The smallest absolute Gasteiger partial charge is 0.272 e. The first kappa shape index (κ1) is 32.4. The first-order chi connectivity index (χ1) is 21.3. The first-order valence-electron chi connectivity index (χ1n) is 14.1. The molecule has 45 heavy (non-hydrogen) atoms. The quantitative estimate of drug-likeness (QED) is 0.272. The highest BCUT2D eigenvalue weighted by molar-refractivity contribution is 6.33. The molecular weight excluding hydrogens is 629 g/mol. The monoisotopic (exact) mass is 660 g/mol. The molecule has 0 amide bonds. The van der Waals surface area contributed by atoms with Gasteiger partial charge in [-0.25, -0.2) is 19.9 Å². The number of anilines is 2. The van der Waals surface area contributed by atoms with Gasteiger partial charge in [0.1, 0.15) is 21.7 Å². The Morgan fingerprint density at radius 3 is 1.84 bits per heavy atom. The van der Waals surface area contributed by atoms with Crippen molar-refractivity contribution >= 4 is 34.8 Å². The molecule has 6 rings (SSSR count). The number of nitrogens with two attached hydrogens (primary N) is 1. The summed E-state index contributed by atoms with van der Waals surface area (Å²) in [4.78, 5) is 51.1. The molecule has 6 heterocycles. The van der Waals surface area contributed by atoms with E-state index < -0.39 is 23.0 Å². The Hall–Kier alpha value is -3.98. The van der Waals surface area contributed by atoms with Gasteiger partial charge in [0.2, 0.25) is 11.9 Å². The molecule has 16 heteroatoms. The predicted octanol–water partition coefficient (Wildman–Crippen LogP) is 3.32. The second kappa shape index (κ2) is 13.2. The highest BCUT2D eigenvalue weighted by Crippen LogP contribution is 2.29. The molecule has 2 atom stereocenters. The van der Waals surface area contributed by atoms with Gasteiger partial charge in [0.05, 0.1) is 0 Å². The van der Waals surface area contributed by atoms with E-state index in [-0.39, 0.29) is 27.2 Å². The molecule has 2 fully saturated rings. The van der Waals surface area contributed by atoms with Gasteiger partial charge in [-0.15, -0.1) is 0 Å². The summed E-state index contributed by atoms with van der Waals surface area (Å²) in [6.07, 6.45) is 4.39. The van der Waals surface area contributed by atoms with E-state index >= 15 is 0 Å². The van der Waals surface area contributed by atoms with Crippen molar-refractivity contribution in [2.45, 2.75) is 31.3 Å². The number of aromatic nitrogens is 6. The van der Waals surface area contributed by atoms with Gasteiger partial charge in [-0.3, -0.25) is 9.59 Å². The molecule has 12 nitrogen and oxygen atoms in total. The Balaban J connectivity index is 0.000000178. The van der Waals surface area contributed by atoms with Gasteiger partial charge in [-0.05, 0) is 46.0 Å². The van der Waals surface area contributed by atoms with Crippen LogP contribution in [0.2, 0.25) is 10.0 Å². The van der Waals surface area contributed by atoms with E-state index in [1.807, 2.05) is 30.8 Å². The molecule has 0 bridgehead atoms. The van der Waals surface area contributed by atoms with E-state index in [0.717, 1.165) is 25.9 Å². The molecule has 0 aliphatic carbocycles. The highest BCUT2D eigenvalue weighted by Gasteiger charge is 2.32. The van der Waals surface area contributed by atoms with Gasteiger partial charge >= 0.3 is 0 Å². The van der Waals surface area contributed by atoms with Crippen LogP contribution >= 0.6 is 23.2 Å². The van der Waals surface area contributed by atoms with Gasteiger partial charge in [0.25, 0.3) is 11.1 Å². The predicted molar refractivity (Wildman–Crippen MR) is 170 cm³/mol. The van der Waals surface area contributed by atoms with Crippen molar-refractivity contribution in [3.63, 3.8) is 0 Å². The number of nitrogens with zero attached hydrogens (tertiary/aromatic N) is 7. The van der Waals surface area contributed by atoms with Crippen molar-refractivity contribution in [3.8, 4) is 22.8 Å². The molecule has 0 radical (unpaired) electrons. The number of rotatable bonds is 5.